The fourth-order valence-electron chi connectivity index (χ4n) is 2.27. The summed E-state index contributed by atoms with van der Waals surface area (Å²) in [6, 6.07) is 5.23. The molecule has 0 amide bonds. The Hall–Kier alpha value is -0.380. The van der Waals surface area contributed by atoms with Crippen molar-refractivity contribution in [1.82, 2.24) is 5.32 Å². The van der Waals surface area contributed by atoms with Crippen molar-refractivity contribution in [2.24, 2.45) is 5.92 Å². The number of nitrogens with one attached hydrogen (secondary N) is 1. The average molecular weight is 239 g/mol. The van der Waals surface area contributed by atoms with Crippen molar-refractivity contribution in [3.63, 3.8) is 0 Å². The first-order valence-electron chi connectivity index (χ1n) is 6.25. The van der Waals surface area contributed by atoms with Crippen molar-refractivity contribution in [3.05, 3.63) is 22.4 Å². The summed E-state index contributed by atoms with van der Waals surface area (Å²) in [6.07, 6.45) is 4.77. The highest BCUT2D eigenvalue weighted by atomic mass is 32.1. The monoisotopic (exact) mass is 239 g/mol. The lowest BCUT2D eigenvalue weighted by Gasteiger charge is -2.23. The van der Waals surface area contributed by atoms with Gasteiger partial charge >= 0.3 is 0 Å². The number of hydrogen-bond donors (Lipinski definition) is 2. The molecule has 1 saturated carbocycles. The lowest BCUT2D eigenvalue weighted by Crippen LogP contribution is -2.34. The van der Waals surface area contributed by atoms with Crippen molar-refractivity contribution >= 4 is 11.3 Å². The maximum absolute atomic E-state index is 9.14. The third-order valence-electron chi connectivity index (χ3n) is 3.35. The predicted octanol–water partition coefficient (Wildman–Crippen LogP) is 2.95. The summed E-state index contributed by atoms with van der Waals surface area (Å²) in [5.41, 5.74) is 0. The van der Waals surface area contributed by atoms with Crippen LogP contribution in [0.1, 0.15) is 43.5 Å². The van der Waals surface area contributed by atoms with Crippen LogP contribution in [0.4, 0.5) is 0 Å². The summed E-state index contributed by atoms with van der Waals surface area (Å²) >= 11 is 1.78. The van der Waals surface area contributed by atoms with E-state index in [9.17, 15) is 0 Å². The molecule has 2 nitrogen and oxygen atoms in total. The highest BCUT2D eigenvalue weighted by Gasteiger charge is 2.31. The Labute approximate surface area is 102 Å². The van der Waals surface area contributed by atoms with E-state index in [2.05, 4.69) is 29.8 Å². The van der Waals surface area contributed by atoms with Crippen molar-refractivity contribution in [2.45, 2.75) is 44.7 Å². The molecule has 0 aliphatic heterocycles. The molecule has 2 rings (SSSR count). The van der Waals surface area contributed by atoms with Gasteiger partial charge in [0.15, 0.2) is 0 Å². The summed E-state index contributed by atoms with van der Waals surface area (Å²) in [6.45, 7) is 2.51. The van der Waals surface area contributed by atoms with E-state index in [1.807, 2.05) is 0 Å². The second kappa shape index (κ2) is 5.80. The van der Waals surface area contributed by atoms with Gasteiger partial charge in [0.05, 0.1) is 0 Å². The molecule has 2 atom stereocenters. The van der Waals surface area contributed by atoms with Gasteiger partial charge in [0.2, 0.25) is 0 Å². The van der Waals surface area contributed by atoms with E-state index in [0.717, 1.165) is 12.3 Å². The van der Waals surface area contributed by atoms with E-state index in [1.54, 1.807) is 11.3 Å². The average Bonchev–Trinajstić information content (AvgIpc) is 2.99. The van der Waals surface area contributed by atoms with Gasteiger partial charge in [0.25, 0.3) is 0 Å². The Morgan fingerprint density at radius 3 is 2.88 bits per heavy atom. The number of rotatable bonds is 7. The zero-order valence-corrected chi connectivity index (χ0v) is 10.7. The molecule has 16 heavy (non-hydrogen) atoms. The molecule has 2 unspecified atom stereocenters. The van der Waals surface area contributed by atoms with Crippen LogP contribution in [-0.4, -0.2) is 17.8 Å². The van der Waals surface area contributed by atoms with Gasteiger partial charge in [0, 0.05) is 23.6 Å². The number of thiophene rings is 1. The maximum atomic E-state index is 9.14. The van der Waals surface area contributed by atoms with E-state index in [4.69, 9.17) is 5.11 Å². The van der Waals surface area contributed by atoms with Crippen molar-refractivity contribution in [1.29, 1.82) is 0 Å². The molecule has 0 aromatic carbocycles. The first-order chi connectivity index (χ1) is 7.85. The largest absolute Gasteiger partial charge is 0.396 e. The zero-order chi connectivity index (χ0) is 11.4. The SMILES string of the molecule is CCC(NC(CCO)c1cccs1)C1CC1. The Morgan fingerprint density at radius 2 is 2.38 bits per heavy atom. The number of hydrogen-bond acceptors (Lipinski definition) is 3. The topological polar surface area (TPSA) is 32.3 Å². The third kappa shape index (κ3) is 3.06. The molecule has 2 N–H and O–H groups in total. The second-order valence-corrected chi connectivity index (χ2v) is 5.58. The van der Waals surface area contributed by atoms with Gasteiger partial charge in [-0.05, 0) is 43.0 Å². The molecule has 1 aliphatic rings. The fourth-order valence-corrected chi connectivity index (χ4v) is 3.09. The standard InChI is InChI=1S/C13H21NOS/c1-2-11(10-5-6-10)14-12(7-8-15)13-4-3-9-16-13/h3-4,9-12,14-15H,2,5-8H2,1H3. The quantitative estimate of drug-likeness (QED) is 0.767. The molecule has 0 saturated heterocycles. The van der Waals surface area contributed by atoms with Gasteiger partial charge in [0.1, 0.15) is 0 Å². The lowest BCUT2D eigenvalue weighted by atomic mass is 10.1. The molecule has 1 aromatic heterocycles. The summed E-state index contributed by atoms with van der Waals surface area (Å²) in [5, 5.41) is 15.0. The highest BCUT2D eigenvalue weighted by molar-refractivity contribution is 7.10. The van der Waals surface area contributed by atoms with Crippen LogP contribution in [0.3, 0.4) is 0 Å². The molecule has 3 heteroatoms. The first kappa shape index (κ1) is 12.1. The second-order valence-electron chi connectivity index (χ2n) is 4.60. The molecule has 0 bridgehead atoms. The summed E-state index contributed by atoms with van der Waals surface area (Å²) in [4.78, 5) is 1.35. The molecule has 1 aromatic rings. The van der Waals surface area contributed by atoms with E-state index in [1.165, 1.54) is 24.1 Å². The third-order valence-corrected chi connectivity index (χ3v) is 4.34. The van der Waals surface area contributed by atoms with Gasteiger partial charge in [-0.15, -0.1) is 11.3 Å². The fraction of sp³-hybridized carbons (Fsp3) is 0.692. The van der Waals surface area contributed by atoms with Crippen LogP contribution in [-0.2, 0) is 0 Å². The van der Waals surface area contributed by atoms with Crippen LogP contribution in [0.5, 0.6) is 0 Å². The zero-order valence-electron chi connectivity index (χ0n) is 9.86. The summed E-state index contributed by atoms with van der Waals surface area (Å²) < 4.78 is 0. The predicted molar refractivity (Wildman–Crippen MR) is 68.7 cm³/mol. The van der Waals surface area contributed by atoms with Crippen molar-refractivity contribution in [2.75, 3.05) is 6.61 Å². The minimum absolute atomic E-state index is 0.261. The first-order valence-corrected chi connectivity index (χ1v) is 7.13. The van der Waals surface area contributed by atoms with Crippen molar-refractivity contribution < 1.29 is 5.11 Å². The minimum atomic E-state index is 0.261. The molecule has 1 heterocycles. The highest BCUT2D eigenvalue weighted by Crippen LogP contribution is 2.35. The normalized spacial score (nSPS) is 19.6. The van der Waals surface area contributed by atoms with Crippen LogP contribution < -0.4 is 5.32 Å². The van der Waals surface area contributed by atoms with Gasteiger partial charge in [-0.1, -0.05) is 13.0 Å². The van der Waals surface area contributed by atoms with Gasteiger partial charge < -0.3 is 10.4 Å². The molecule has 1 fully saturated rings. The van der Waals surface area contributed by atoms with Crippen LogP contribution in [0.2, 0.25) is 0 Å². The van der Waals surface area contributed by atoms with E-state index < -0.39 is 0 Å². The van der Waals surface area contributed by atoms with Crippen LogP contribution in [0, 0.1) is 5.92 Å². The molecule has 90 valence electrons. The molecule has 0 spiro atoms. The Bertz CT molecular complexity index is 295. The smallest absolute Gasteiger partial charge is 0.0449 e. The van der Waals surface area contributed by atoms with Gasteiger partial charge in [-0.3, -0.25) is 0 Å². The Kier molecular flexibility index (Phi) is 4.38. The lowest BCUT2D eigenvalue weighted by molar-refractivity contribution is 0.255. The minimum Gasteiger partial charge on any atom is -0.396 e. The Morgan fingerprint density at radius 1 is 1.56 bits per heavy atom. The Balaban J connectivity index is 1.96. The van der Waals surface area contributed by atoms with Crippen molar-refractivity contribution in [3.8, 4) is 0 Å². The number of aliphatic hydroxyl groups is 1. The van der Waals surface area contributed by atoms with E-state index in [-0.39, 0.29) is 6.61 Å². The summed E-state index contributed by atoms with van der Waals surface area (Å²) in [7, 11) is 0. The molecular weight excluding hydrogens is 218 g/mol. The van der Waals surface area contributed by atoms with Crippen LogP contribution in [0.25, 0.3) is 0 Å². The molecule has 0 radical (unpaired) electrons. The van der Waals surface area contributed by atoms with Gasteiger partial charge in [-0.25, -0.2) is 0 Å². The van der Waals surface area contributed by atoms with Crippen LogP contribution >= 0.6 is 11.3 Å². The molecular formula is C13H21NOS. The van der Waals surface area contributed by atoms with Gasteiger partial charge in [-0.2, -0.15) is 0 Å². The maximum Gasteiger partial charge on any atom is 0.0449 e. The number of aliphatic hydroxyl groups excluding tert-OH is 1. The van der Waals surface area contributed by atoms with E-state index in [0.29, 0.717) is 12.1 Å². The van der Waals surface area contributed by atoms with E-state index >= 15 is 0 Å². The molecule has 1 aliphatic carbocycles. The van der Waals surface area contributed by atoms with Crippen LogP contribution in [0.15, 0.2) is 17.5 Å². The summed E-state index contributed by atoms with van der Waals surface area (Å²) in [5.74, 6) is 0.881.